The number of fused-ring (bicyclic) bond motifs is 1. The Bertz CT molecular complexity index is 765. The van der Waals surface area contributed by atoms with Crippen LogP contribution >= 0.6 is 0 Å². The van der Waals surface area contributed by atoms with E-state index >= 15 is 0 Å². The lowest BCUT2D eigenvalue weighted by Gasteiger charge is -2.07. The molecular formula is C15H14N4. The molecule has 3 rings (SSSR count). The molecule has 0 amide bonds. The van der Waals surface area contributed by atoms with Gasteiger partial charge < -0.3 is 5.73 Å². The molecular weight excluding hydrogens is 236 g/mol. The smallest absolute Gasteiger partial charge is 0.153 e. The quantitative estimate of drug-likeness (QED) is 0.721. The normalized spacial score (nSPS) is 10.8. The molecule has 0 unspecified atom stereocenters. The number of rotatable bonds is 1. The first-order valence-electron chi connectivity index (χ1n) is 6.10. The minimum absolute atomic E-state index is 0.419. The van der Waals surface area contributed by atoms with E-state index in [4.69, 9.17) is 5.73 Å². The third-order valence-corrected chi connectivity index (χ3v) is 3.12. The van der Waals surface area contributed by atoms with Crippen molar-refractivity contribution in [3.8, 4) is 11.3 Å². The molecule has 4 nitrogen and oxygen atoms in total. The number of nitrogens with zero attached hydrogens (tertiary/aromatic N) is 3. The standard InChI is InChI=1S/C15H14N4/c1-9-4-3-5-11(6-9)12-7-10(2)13-14(19-12)15(16)18-8-17-13/h3-8H,1-2H3,(H2,16,17,18). The topological polar surface area (TPSA) is 64.7 Å². The highest BCUT2D eigenvalue weighted by Crippen LogP contribution is 2.25. The summed E-state index contributed by atoms with van der Waals surface area (Å²) in [6, 6.07) is 10.3. The Kier molecular flexibility index (Phi) is 2.63. The summed E-state index contributed by atoms with van der Waals surface area (Å²) < 4.78 is 0. The number of benzene rings is 1. The number of nitrogen functional groups attached to an aromatic ring is 1. The summed E-state index contributed by atoms with van der Waals surface area (Å²) in [5, 5.41) is 0. The zero-order valence-electron chi connectivity index (χ0n) is 10.9. The predicted octanol–water partition coefficient (Wildman–Crippen LogP) is 2.89. The van der Waals surface area contributed by atoms with Gasteiger partial charge >= 0.3 is 0 Å². The lowest BCUT2D eigenvalue weighted by atomic mass is 10.1. The second-order valence-corrected chi connectivity index (χ2v) is 4.65. The summed E-state index contributed by atoms with van der Waals surface area (Å²) in [5.74, 6) is 0.419. The van der Waals surface area contributed by atoms with E-state index in [1.807, 2.05) is 25.1 Å². The van der Waals surface area contributed by atoms with E-state index in [2.05, 4.69) is 34.0 Å². The van der Waals surface area contributed by atoms with E-state index < -0.39 is 0 Å². The summed E-state index contributed by atoms with van der Waals surface area (Å²) in [7, 11) is 0. The molecule has 94 valence electrons. The van der Waals surface area contributed by atoms with Crippen LogP contribution in [-0.2, 0) is 0 Å². The molecule has 4 heteroatoms. The zero-order chi connectivity index (χ0) is 13.4. The molecule has 2 N–H and O–H groups in total. The summed E-state index contributed by atoms with van der Waals surface area (Å²) in [5.41, 5.74) is 11.6. The molecule has 1 aromatic carbocycles. The molecule has 3 aromatic rings. The average molecular weight is 250 g/mol. The fourth-order valence-corrected chi connectivity index (χ4v) is 2.17. The molecule has 0 radical (unpaired) electrons. The van der Waals surface area contributed by atoms with Gasteiger partial charge in [0, 0.05) is 5.56 Å². The van der Waals surface area contributed by atoms with Gasteiger partial charge in [-0.1, -0.05) is 23.8 Å². The summed E-state index contributed by atoms with van der Waals surface area (Å²) in [6.45, 7) is 4.07. The fraction of sp³-hybridized carbons (Fsp3) is 0.133. The van der Waals surface area contributed by atoms with E-state index in [9.17, 15) is 0 Å². The summed E-state index contributed by atoms with van der Waals surface area (Å²) in [4.78, 5) is 12.8. The minimum Gasteiger partial charge on any atom is -0.382 e. The average Bonchev–Trinajstić information content (AvgIpc) is 2.40. The van der Waals surface area contributed by atoms with Gasteiger partial charge in [-0.2, -0.15) is 0 Å². The Balaban J connectivity index is 2.29. The third kappa shape index (κ3) is 2.01. The zero-order valence-corrected chi connectivity index (χ0v) is 10.9. The maximum Gasteiger partial charge on any atom is 0.153 e. The van der Waals surface area contributed by atoms with Crippen LogP contribution in [0.25, 0.3) is 22.3 Å². The molecule has 0 saturated carbocycles. The molecule has 0 bridgehead atoms. The highest BCUT2D eigenvalue weighted by Gasteiger charge is 2.08. The van der Waals surface area contributed by atoms with Crippen molar-refractivity contribution in [1.82, 2.24) is 15.0 Å². The monoisotopic (exact) mass is 250 g/mol. The molecule has 2 heterocycles. The van der Waals surface area contributed by atoms with E-state index in [1.54, 1.807) is 0 Å². The van der Waals surface area contributed by atoms with Gasteiger partial charge in [0.1, 0.15) is 11.8 Å². The maximum absolute atomic E-state index is 5.89. The first kappa shape index (κ1) is 11.6. The fourth-order valence-electron chi connectivity index (χ4n) is 2.17. The van der Waals surface area contributed by atoms with E-state index in [0.29, 0.717) is 11.3 Å². The van der Waals surface area contributed by atoms with Crippen LogP contribution in [0.3, 0.4) is 0 Å². The van der Waals surface area contributed by atoms with Crippen molar-refractivity contribution in [1.29, 1.82) is 0 Å². The van der Waals surface area contributed by atoms with Gasteiger partial charge in [-0.25, -0.2) is 15.0 Å². The first-order valence-corrected chi connectivity index (χ1v) is 6.10. The van der Waals surface area contributed by atoms with E-state index in [0.717, 1.165) is 22.3 Å². The van der Waals surface area contributed by atoms with Crippen LogP contribution in [0.1, 0.15) is 11.1 Å². The van der Waals surface area contributed by atoms with E-state index in [1.165, 1.54) is 11.9 Å². The summed E-state index contributed by atoms with van der Waals surface area (Å²) >= 11 is 0. The molecule has 0 spiro atoms. The van der Waals surface area contributed by atoms with Gasteiger partial charge in [0.2, 0.25) is 0 Å². The minimum atomic E-state index is 0.419. The van der Waals surface area contributed by atoms with Gasteiger partial charge in [0.05, 0.1) is 11.2 Å². The highest BCUT2D eigenvalue weighted by molar-refractivity contribution is 5.88. The van der Waals surface area contributed by atoms with Crippen molar-refractivity contribution in [2.75, 3.05) is 5.73 Å². The van der Waals surface area contributed by atoms with Crippen molar-refractivity contribution in [2.45, 2.75) is 13.8 Å². The number of anilines is 1. The Hall–Kier alpha value is -2.49. The number of hydrogen-bond donors (Lipinski definition) is 1. The van der Waals surface area contributed by atoms with Crippen LogP contribution < -0.4 is 5.73 Å². The molecule has 2 aromatic heterocycles. The van der Waals surface area contributed by atoms with Gasteiger partial charge in [0.25, 0.3) is 0 Å². The maximum atomic E-state index is 5.89. The SMILES string of the molecule is Cc1cccc(-c2cc(C)c3ncnc(N)c3n2)c1. The first-order chi connectivity index (χ1) is 9.15. The van der Waals surface area contributed by atoms with Crippen LogP contribution in [0.4, 0.5) is 5.82 Å². The number of pyridine rings is 1. The van der Waals surface area contributed by atoms with Gasteiger partial charge in [-0.3, -0.25) is 0 Å². The number of hydrogen-bond acceptors (Lipinski definition) is 4. The molecule has 0 aliphatic heterocycles. The molecule has 0 aliphatic carbocycles. The largest absolute Gasteiger partial charge is 0.382 e. The lowest BCUT2D eigenvalue weighted by molar-refractivity contribution is 1.19. The van der Waals surface area contributed by atoms with Crippen LogP contribution in [0.15, 0.2) is 36.7 Å². The predicted molar refractivity (Wildman–Crippen MR) is 76.7 cm³/mol. The van der Waals surface area contributed by atoms with Gasteiger partial charge in [0.15, 0.2) is 5.82 Å². The van der Waals surface area contributed by atoms with E-state index in [-0.39, 0.29) is 0 Å². The van der Waals surface area contributed by atoms with Crippen LogP contribution in [0.5, 0.6) is 0 Å². The molecule has 0 fully saturated rings. The Morgan fingerprint density at radius 2 is 1.84 bits per heavy atom. The third-order valence-electron chi connectivity index (χ3n) is 3.12. The van der Waals surface area contributed by atoms with Crippen molar-refractivity contribution in [3.05, 3.63) is 47.8 Å². The second-order valence-electron chi connectivity index (χ2n) is 4.65. The van der Waals surface area contributed by atoms with Crippen molar-refractivity contribution in [2.24, 2.45) is 0 Å². The Morgan fingerprint density at radius 1 is 1.00 bits per heavy atom. The van der Waals surface area contributed by atoms with Gasteiger partial charge in [-0.15, -0.1) is 0 Å². The molecule has 0 atom stereocenters. The molecule has 0 saturated heterocycles. The van der Waals surface area contributed by atoms with Crippen molar-refractivity contribution < 1.29 is 0 Å². The molecule has 0 aliphatic rings. The lowest BCUT2D eigenvalue weighted by Crippen LogP contribution is -1.98. The van der Waals surface area contributed by atoms with Crippen LogP contribution in [0.2, 0.25) is 0 Å². The van der Waals surface area contributed by atoms with Crippen molar-refractivity contribution >= 4 is 16.9 Å². The highest BCUT2D eigenvalue weighted by atomic mass is 14.9. The van der Waals surface area contributed by atoms with Crippen LogP contribution in [-0.4, -0.2) is 15.0 Å². The second kappa shape index (κ2) is 4.31. The van der Waals surface area contributed by atoms with Gasteiger partial charge in [-0.05, 0) is 31.5 Å². The summed E-state index contributed by atoms with van der Waals surface area (Å²) in [6.07, 6.45) is 1.47. The number of aromatic nitrogens is 3. The number of nitrogens with two attached hydrogens (primary N) is 1. The molecule has 19 heavy (non-hydrogen) atoms. The Labute approximate surface area is 111 Å². The van der Waals surface area contributed by atoms with Crippen LogP contribution in [0, 0.1) is 13.8 Å². The van der Waals surface area contributed by atoms with Crippen molar-refractivity contribution in [3.63, 3.8) is 0 Å². The Morgan fingerprint density at radius 3 is 2.63 bits per heavy atom. The number of aryl methyl sites for hydroxylation is 2.